The number of aryl methyl sites for hydroxylation is 2. The Balaban J connectivity index is 1.77. The fourth-order valence-electron chi connectivity index (χ4n) is 2.41. The molecule has 2 aromatic rings. The van der Waals surface area contributed by atoms with Crippen LogP contribution in [0.4, 0.5) is 5.69 Å². The van der Waals surface area contributed by atoms with Gasteiger partial charge in [0.15, 0.2) is 11.5 Å². The van der Waals surface area contributed by atoms with E-state index in [-0.39, 0.29) is 0 Å². The standard InChI is InChI=1S/C15H18ClN3O2/c1-3-12-13(9-19(2)18-12)17-8-10-6-11(16)15-14(7-10)20-4-5-21-15/h6-7,9,17H,3-5,8H2,1-2H3. The van der Waals surface area contributed by atoms with Crippen LogP contribution in [0.1, 0.15) is 18.2 Å². The molecule has 0 fully saturated rings. The predicted molar refractivity (Wildman–Crippen MR) is 82.4 cm³/mol. The van der Waals surface area contributed by atoms with E-state index in [9.17, 15) is 0 Å². The van der Waals surface area contributed by atoms with Crippen LogP contribution in [-0.4, -0.2) is 23.0 Å². The molecule has 0 atom stereocenters. The molecule has 1 aliphatic heterocycles. The molecule has 2 heterocycles. The maximum absolute atomic E-state index is 6.24. The van der Waals surface area contributed by atoms with Crippen LogP contribution in [0.25, 0.3) is 0 Å². The lowest BCUT2D eigenvalue weighted by atomic mass is 10.2. The van der Waals surface area contributed by atoms with E-state index in [1.807, 2.05) is 30.1 Å². The Bertz CT molecular complexity index is 655. The molecule has 3 rings (SSSR count). The SMILES string of the molecule is CCc1nn(C)cc1NCc1cc(Cl)c2c(c1)OCCO2. The van der Waals surface area contributed by atoms with Crippen LogP contribution in [0, 0.1) is 0 Å². The topological polar surface area (TPSA) is 48.3 Å². The van der Waals surface area contributed by atoms with Crippen LogP contribution < -0.4 is 14.8 Å². The van der Waals surface area contributed by atoms with Crippen LogP contribution in [0.3, 0.4) is 0 Å². The number of anilines is 1. The minimum absolute atomic E-state index is 0.542. The molecule has 1 aromatic carbocycles. The number of fused-ring (bicyclic) bond motifs is 1. The van der Waals surface area contributed by atoms with Gasteiger partial charge in [0.25, 0.3) is 0 Å². The van der Waals surface area contributed by atoms with Crippen LogP contribution in [-0.2, 0) is 20.0 Å². The molecule has 0 saturated carbocycles. The first kappa shape index (κ1) is 14.1. The third kappa shape index (κ3) is 2.93. The van der Waals surface area contributed by atoms with E-state index in [0.717, 1.165) is 23.4 Å². The van der Waals surface area contributed by atoms with Gasteiger partial charge in [-0.05, 0) is 24.1 Å². The van der Waals surface area contributed by atoms with Crippen LogP contribution in [0.5, 0.6) is 11.5 Å². The number of aromatic nitrogens is 2. The van der Waals surface area contributed by atoms with Crippen molar-refractivity contribution >= 4 is 17.3 Å². The molecule has 0 radical (unpaired) electrons. The highest BCUT2D eigenvalue weighted by Gasteiger charge is 2.16. The molecule has 0 unspecified atom stereocenters. The molecule has 5 nitrogen and oxygen atoms in total. The largest absolute Gasteiger partial charge is 0.486 e. The van der Waals surface area contributed by atoms with Crippen molar-refractivity contribution in [3.63, 3.8) is 0 Å². The van der Waals surface area contributed by atoms with Gasteiger partial charge in [0.1, 0.15) is 13.2 Å². The summed E-state index contributed by atoms with van der Waals surface area (Å²) in [5.74, 6) is 1.36. The number of benzene rings is 1. The summed E-state index contributed by atoms with van der Waals surface area (Å²) in [5.41, 5.74) is 3.15. The molecule has 6 heteroatoms. The van der Waals surface area contributed by atoms with E-state index in [1.54, 1.807) is 0 Å². The van der Waals surface area contributed by atoms with Crippen molar-refractivity contribution in [1.82, 2.24) is 9.78 Å². The number of hydrogen-bond donors (Lipinski definition) is 1. The van der Waals surface area contributed by atoms with Crippen LogP contribution >= 0.6 is 11.6 Å². The number of halogens is 1. The molecule has 112 valence electrons. The lowest BCUT2D eigenvalue weighted by Crippen LogP contribution is -2.16. The normalized spacial score (nSPS) is 13.3. The Kier molecular flexibility index (Phi) is 3.92. The first-order chi connectivity index (χ1) is 10.2. The highest BCUT2D eigenvalue weighted by atomic mass is 35.5. The average Bonchev–Trinajstić information content (AvgIpc) is 2.85. The summed E-state index contributed by atoms with van der Waals surface area (Å²) in [6.45, 7) is 3.85. The highest BCUT2D eigenvalue weighted by Crippen LogP contribution is 2.38. The van der Waals surface area contributed by atoms with Crippen molar-refractivity contribution in [2.75, 3.05) is 18.5 Å². The van der Waals surface area contributed by atoms with E-state index in [0.29, 0.717) is 36.3 Å². The summed E-state index contributed by atoms with van der Waals surface area (Å²) in [4.78, 5) is 0. The van der Waals surface area contributed by atoms with Gasteiger partial charge in [0.2, 0.25) is 0 Å². The Hall–Kier alpha value is -1.88. The van der Waals surface area contributed by atoms with Crippen molar-refractivity contribution in [3.8, 4) is 11.5 Å². The quantitative estimate of drug-likeness (QED) is 0.943. The minimum Gasteiger partial charge on any atom is -0.486 e. The van der Waals surface area contributed by atoms with Crippen molar-refractivity contribution < 1.29 is 9.47 Å². The monoisotopic (exact) mass is 307 g/mol. The van der Waals surface area contributed by atoms with Crippen molar-refractivity contribution in [3.05, 3.63) is 34.6 Å². The molecule has 0 spiro atoms. The van der Waals surface area contributed by atoms with Gasteiger partial charge in [-0.3, -0.25) is 4.68 Å². The van der Waals surface area contributed by atoms with Gasteiger partial charge in [-0.25, -0.2) is 0 Å². The molecule has 1 aromatic heterocycles. The summed E-state index contributed by atoms with van der Waals surface area (Å²) in [5, 5.41) is 8.40. The predicted octanol–water partition coefficient (Wildman–Crippen LogP) is 3.02. The fraction of sp³-hybridized carbons (Fsp3) is 0.400. The molecule has 0 amide bonds. The number of ether oxygens (including phenoxy) is 2. The Labute approximate surface area is 128 Å². The Morgan fingerprint density at radius 3 is 2.95 bits per heavy atom. The first-order valence-electron chi connectivity index (χ1n) is 7.01. The summed E-state index contributed by atoms with van der Waals surface area (Å²) >= 11 is 6.24. The molecule has 0 bridgehead atoms. The maximum atomic E-state index is 6.24. The second-order valence-corrected chi connectivity index (χ2v) is 5.38. The zero-order valence-corrected chi connectivity index (χ0v) is 12.9. The van der Waals surface area contributed by atoms with Gasteiger partial charge in [-0.2, -0.15) is 5.10 Å². The lowest BCUT2D eigenvalue weighted by molar-refractivity contribution is 0.171. The number of hydrogen-bond acceptors (Lipinski definition) is 4. The summed E-state index contributed by atoms with van der Waals surface area (Å²) in [6.07, 6.45) is 2.88. The molecule has 1 aliphatic rings. The second kappa shape index (κ2) is 5.85. The Morgan fingerprint density at radius 2 is 2.14 bits per heavy atom. The first-order valence-corrected chi connectivity index (χ1v) is 7.39. The van der Waals surface area contributed by atoms with E-state index < -0.39 is 0 Å². The Morgan fingerprint density at radius 1 is 1.33 bits per heavy atom. The van der Waals surface area contributed by atoms with E-state index >= 15 is 0 Å². The van der Waals surface area contributed by atoms with Crippen LogP contribution in [0.15, 0.2) is 18.3 Å². The van der Waals surface area contributed by atoms with Gasteiger partial charge in [0.05, 0.1) is 16.4 Å². The van der Waals surface area contributed by atoms with E-state index in [2.05, 4.69) is 17.3 Å². The molecular weight excluding hydrogens is 290 g/mol. The zero-order chi connectivity index (χ0) is 14.8. The van der Waals surface area contributed by atoms with Gasteiger partial charge in [0, 0.05) is 19.8 Å². The molecule has 0 aliphatic carbocycles. The summed E-state index contributed by atoms with van der Waals surface area (Å²) < 4.78 is 12.9. The maximum Gasteiger partial charge on any atom is 0.179 e. The van der Waals surface area contributed by atoms with Gasteiger partial charge in [-0.15, -0.1) is 0 Å². The third-order valence-electron chi connectivity index (χ3n) is 3.38. The van der Waals surface area contributed by atoms with Gasteiger partial charge in [-0.1, -0.05) is 18.5 Å². The minimum atomic E-state index is 0.542. The van der Waals surface area contributed by atoms with Gasteiger partial charge < -0.3 is 14.8 Å². The molecule has 1 N–H and O–H groups in total. The number of nitrogens with one attached hydrogen (secondary N) is 1. The van der Waals surface area contributed by atoms with E-state index in [4.69, 9.17) is 21.1 Å². The molecule has 21 heavy (non-hydrogen) atoms. The fourth-order valence-corrected chi connectivity index (χ4v) is 2.69. The smallest absolute Gasteiger partial charge is 0.179 e. The van der Waals surface area contributed by atoms with E-state index in [1.165, 1.54) is 0 Å². The number of rotatable bonds is 4. The van der Waals surface area contributed by atoms with Crippen molar-refractivity contribution in [2.24, 2.45) is 7.05 Å². The summed E-state index contributed by atoms with van der Waals surface area (Å²) in [6, 6.07) is 3.87. The third-order valence-corrected chi connectivity index (χ3v) is 3.66. The zero-order valence-electron chi connectivity index (χ0n) is 12.1. The summed E-state index contributed by atoms with van der Waals surface area (Å²) in [7, 11) is 1.92. The second-order valence-electron chi connectivity index (χ2n) is 4.97. The van der Waals surface area contributed by atoms with Gasteiger partial charge >= 0.3 is 0 Å². The number of nitrogens with zero attached hydrogens (tertiary/aromatic N) is 2. The van der Waals surface area contributed by atoms with Crippen molar-refractivity contribution in [2.45, 2.75) is 19.9 Å². The molecule has 0 saturated heterocycles. The lowest BCUT2D eigenvalue weighted by Gasteiger charge is -2.20. The average molecular weight is 308 g/mol. The van der Waals surface area contributed by atoms with Crippen LogP contribution in [0.2, 0.25) is 5.02 Å². The highest BCUT2D eigenvalue weighted by molar-refractivity contribution is 6.32. The molecular formula is C15H18ClN3O2. The van der Waals surface area contributed by atoms with Crippen molar-refractivity contribution in [1.29, 1.82) is 0 Å².